The Morgan fingerprint density at radius 2 is 1.77 bits per heavy atom. The van der Waals surface area contributed by atoms with Gasteiger partial charge < -0.3 is 14.2 Å². The summed E-state index contributed by atoms with van der Waals surface area (Å²) in [4.78, 5) is 14.3. The van der Waals surface area contributed by atoms with Gasteiger partial charge in [0, 0.05) is 30.8 Å². The molecule has 0 saturated carbocycles. The Kier molecular flexibility index (Phi) is 5.81. The van der Waals surface area contributed by atoms with Gasteiger partial charge >= 0.3 is 6.09 Å². The maximum absolute atomic E-state index is 13.3. The molecular formula is C22H26N2O6S. The number of aryl methyl sites for hydroxylation is 1. The standard InChI is InChI=1S/C22H26N2O6S/c1-15-4-6-19-16(12-15)14-30-22(25)24(19)17-8-10-23(11-9-17)31(26,27)21-13-18(28-2)5-7-20(21)29-3/h4-7,12-13,17H,8-11,14H2,1-3H3. The minimum absolute atomic E-state index is 0.0750. The van der Waals surface area contributed by atoms with Crippen molar-refractivity contribution in [3.8, 4) is 11.5 Å². The molecule has 2 aromatic carbocycles. The second-order valence-corrected chi connectivity index (χ2v) is 9.62. The summed E-state index contributed by atoms with van der Waals surface area (Å²) in [6.45, 7) is 2.84. The van der Waals surface area contributed by atoms with Crippen LogP contribution in [0.1, 0.15) is 24.0 Å². The van der Waals surface area contributed by atoms with E-state index in [1.165, 1.54) is 24.6 Å². The predicted octanol–water partition coefficient (Wildman–Crippen LogP) is 3.32. The van der Waals surface area contributed by atoms with E-state index >= 15 is 0 Å². The van der Waals surface area contributed by atoms with E-state index in [9.17, 15) is 13.2 Å². The molecule has 0 aliphatic carbocycles. The lowest BCUT2D eigenvalue weighted by Gasteiger charge is -2.40. The number of piperidine rings is 1. The average Bonchev–Trinajstić information content (AvgIpc) is 2.78. The Morgan fingerprint density at radius 1 is 1.03 bits per heavy atom. The lowest BCUT2D eigenvalue weighted by atomic mass is 10.0. The zero-order valence-corrected chi connectivity index (χ0v) is 18.6. The first-order valence-corrected chi connectivity index (χ1v) is 11.6. The molecule has 1 amide bonds. The summed E-state index contributed by atoms with van der Waals surface area (Å²) in [5.41, 5.74) is 2.91. The van der Waals surface area contributed by atoms with Crippen LogP contribution in [-0.2, 0) is 21.4 Å². The summed E-state index contributed by atoms with van der Waals surface area (Å²) in [7, 11) is -0.852. The molecule has 0 atom stereocenters. The lowest BCUT2D eigenvalue weighted by molar-refractivity contribution is 0.135. The molecule has 0 bridgehead atoms. The van der Waals surface area contributed by atoms with Crippen LogP contribution in [-0.4, -0.2) is 52.2 Å². The number of carbonyl (C=O) groups is 1. The number of hydrogen-bond donors (Lipinski definition) is 0. The van der Waals surface area contributed by atoms with Crippen molar-refractivity contribution >= 4 is 21.8 Å². The molecule has 9 heteroatoms. The molecule has 0 spiro atoms. The van der Waals surface area contributed by atoms with Crippen LogP contribution in [0.15, 0.2) is 41.3 Å². The summed E-state index contributed by atoms with van der Waals surface area (Å²) < 4.78 is 43.9. The molecule has 0 N–H and O–H groups in total. The minimum Gasteiger partial charge on any atom is -0.497 e. The molecule has 4 rings (SSSR count). The zero-order valence-electron chi connectivity index (χ0n) is 17.8. The van der Waals surface area contributed by atoms with Crippen molar-refractivity contribution in [1.82, 2.24) is 4.31 Å². The number of fused-ring (bicyclic) bond motifs is 1. The fourth-order valence-corrected chi connectivity index (χ4v) is 5.82. The molecule has 1 fully saturated rings. The van der Waals surface area contributed by atoms with E-state index in [0.717, 1.165) is 16.8 Å². The topological polar surface area (TPSA) is 85.4 Å². The molecule has 0 unspecified atom stereocenters. The van der Waals surface area contributed by atoms with Crippen molar-refractivity contribution in [1.29, 1.82) is 0 Å². The quantitative estimate of drug-likeness (QED) is 0.701. The Morgan fingerprint density at radius 3 is 2.45 bits per heavy atom. The summed E-state index contributed by atoms with van der Waals surface area (Å²) in [6, 6.07) is 10.5. The summed E-state index contributed by atoms with van der Waals surface area (Å²) in [6.07, 6.45) is 0.633. The second-order valence-electron chi connectivity index (χ2n) is 7.71. The smallest absolute Gasteiger partial charge is 0.414 e. The monoisotopic (exact) mass is 446 g/mol. The van der Waals surface area contributed by atoms with Gasteiger partial charge in [-0.3, -0.25) is 4.90 Å². The van der Waals surface area contributed by atoms with Gasteiger partial charge in [-0.25, -0.2) is 13.2 Å². The number of nitrogens with zero attached hydrogens (tertiary/aromatic N) is 2. The molecule has 166 valence electrons. The van der Waals surface area contributed by atoms with Crippen LogP contribution in [0, 0.1) is 6.92 Å². The Bertz CT molecular complexity index is 1090. The van der Waals surface area contributed by atoms with E-state index in [1.807, 2.05) is 25.1 Å². The van der Waals surface area contributed by atoms with E-state index in [4.69, 9.17) is 14.2 Å². The molecule has 2 aliphatic heterocycles. The van der Waals surface area contributed by atoms with Crippen LogP contribution >= 0.6 is 0 Å². The van der Waals surface area contributed by atoms with Gasteiger partial charge in [0.2, 0.25) is 10.0 Å². The summed E-state index contributed by atoms with van der Waals surface area (Å²) >= 11 is 0. The Balaban J connectivity index is 1.55. The first-order valence-electron chi connectivity index (χ1n) is 10.1. The zero-order chi connectivity index (χ0) is 22.2. The number of anilines is 1. The predicted molar refractivity (Wildman–Crippen MR) is 115 cm³/mol. The maximum atomic E-state index is 13.3. The number of rotatable bonds is 5. The molecule has 8 nitrogen and oxygen atoms in total. The molecule has 0 aromatic heterocycles. The van der Waals surface area contributed by atoms with Crippen LogP contribution in [0.4, 0.5) is 10.5 Å². The largest absolute Gasteiger partial charge is 0.497 e. The third-order valence-corrected chi connectivity index (χ3v) is 7.74. The maximum Gasteiger partial charge on any atom is 0.414 e. The molecule has 1 saturated heterocycles. The van der Waals surface area contributed by atoms with Crippen LogP contribution in [0.2, 0.25) is 0 Å². The van der Waals surface area contributed by atoms with Gasteiger partial charge in [0.15, 0.2) is 0 Å². The van der Waals surface area contributed by atoms with E-state index in [2.05, 4.69) is 0 Å². The highest BCUT2D eigenvalue weighted by atomic mass is 32.2. The number of hydrogen-bond acceptors (Lipinski definition) is 6. The van der Waals surface area contributed by atoms with Gasteiger partial charge in [-0.05, 0) is 38.0 Å². The van der Waals surface area contributed by atoms with Crippen molar-refractivity contribution in [2.75, 3.05) is 32.2 Å². The van der Waals surface area contributed by atoms with E-state index < -0.39 is 10.0 Å². The van der Waals surface area contributed by atoms with Crippen molar-refractivity contribution in [2.24, 2.45) is 0 Å². The first-order chi connectivity index (χ1) is 14.8. The number of ether oxygens (including phenoxy) is 3. The van der Waals surface area contributed by atoms with Crippen molar-refractivity contribution in [3.63, 3.8) is 0 Å². The SMILES string of the molecule is COc1ccc(OC)c(S(=O)(=O)N2CCC(N3C(=O)OCc4cc(C)ccc43)CC2)c1. The molecule has 31 heavy (non-hydrogen) atoms. The Labute approximate surface area is 182 Å². The molecule has 2 heterocycles. The molecule has 0 radical (unpaired) electrons. The average molecular weight is 447 g/mol. The highest BCUT2D eigenvalue weighted by Crippen LogP contribution is 2.35. The van der Waals surface area contributed by atoms with Gasteiger partial charge in [-0.1, -0.05) is 17.7 Å². The van der Waals surface area contributed by atoms with E-state index in [0.29, 0.717) is 31.7 Å². The van der Waals surface area contributed by atoms with Crippen LogP contribution in [0.25, 0.3) is 0 Å². The van der Waals surface area contributed by atoms with Crippen LogP contribution in [0.5, 0.6) is 11.5 Å². The number of benzene rings is 2. The highest BCUT2D eigenvalue weighted by Gasteiger charge is 2.38. The molecule has 2 aliphatic rings. The highest BCUT2D eigenvalue weighted by molar-refractivity contribution is 7.89. The van der Waals surface area contributed by atoms with Crippen LogP contribution < -0.4 is 14.4 Å². The number of amides is 1. The third-order valence-electron chi connectivity index (χ3n) is 5.82. The van der Waals surface area contributed by atoms with Gasteiger partial charge in [0.1, 0.15) is 23.0 Å². The summed E-state index contributed by atoms with van der Waals surface area (Å²) in [5, 5.41) is 0. The van der Waals surface area contributed by atoms with Crippen molar-refractivity contribution in [2.45, 2.75) is 37.3 Å². The van der Waals surface area contributed by atoms with E-state index in [-0.39, 0.29) is 29.4 Å². The second kappa shape index (κ2) is 8.39. The minimum atomic E-state index is -3.78. The summed E-state index contributed by atoms with van der Waals surface area (Å²) in [5.74, 6) is 0.712. The fourth-order valence-electron chi connectivity index (χ4n) is 4.18. The first kappa shape index (κ1) is 21.5. The Hall–Kier alpha value is -2.78. The van der Waals surface area contributed by atoms with Crippen molar-refractivity contribution < 1.29 is 27.4 Å². The van der Waals surface area contributed by atoms with E-state index in [1.54, 1.807) is 17.0 Å². The molecule has 2 aromatic rings. The van der Waals surface area contributed by atoms with Crippen molar-refractivity contribution in [3.05, 3.63) is 47.5 Å². The number of sulfonamides is 1. The van der Waals surface area contributed by atoms with Gasteiger partial charge in [-0.15, -0.1) is 0 Å². The number of carbonyl (C=O) groups excluding carboxylic acids is 1. The van der Waals surface area contributed by atoms with Crippen LogP contribution in [0.3, 0.4) is 0 Å². The van der Waals surface area contributed by atoms with Gasteiger partial charge in [0.05, 0.1) is 19.9 Å². The van der Waals surface area contributed by atoms with Gasteiger partial charge in [0.25, 0.3) is 0 Å². The third kappa shape index (κ3) is 3.95. The lowest BCUT2D eigenvalue weighted by Crippen LogP contribution is -2.50. The molecular weight excluding hydrogens is 420 g/mol. The normalized spacial score (nSPS) is 17.8. The van der Waals surface area contributed by atoms with Gasteiger partial charge in [-0.2, -0.15) is 4.31 Å². The fraction of sp³-hybridized carbons (Fsp3) is 0.409. The number of cyclic esters (lactones) is 1. The number of methoxy groups -OCH3 is 2.